The fourth-order valence-corrected chi connectivity index (χ4v) is 3.40. The van der Waals surface area contributed by atoms with Crippen LogP contribution in [0.25, 0.3) is 0 Å². The number of likely N-dealkylation sites (tertiary alicyclic amines) is 1. The fourth-order valence-electron chi connectivity index (χ4n) is 3.40. The summed E-state index contributed by atoms with van der Waals surface area (Å²) in [6, 6.07) is 0. The van der Waals surface area contributed by atoms with Crippen molar-refractivity contribution in [1.29, 1.82) is 0 Å². The maximum atomic E-state index is 12.5. The average molecular weight is 262 g/mol. The lowest BCUT2D eigenvalue weighted by molar-refractivity contribution is -0.135. The van der Waals surface area contributed by atoms with Crippen molar-refractivity contribution < 1.29 is 4.79 Å². The van der Waals surface area contributed by atoms with Gasteiger partial charge in [0.15, 0.2) is 0 Å². The molecule has 2 fully saturated rings. The molecular formula is C14H22N4O. The van der Waals surface area contributed by atoms with Gasteiger partial charge in [-0.1, -0.05) is 12.8 Å². The molecule has 1 aromatic heterocycles. The molecule has 1 amide bonds. The fraction of sp³-hybridized carbons (Fsp3) is 0.714. The van der Waals surface area contributed by atoms with Gasteiger partial charge in [0.2, 0.25) is 5.91 Å². The molecule has 19 heavy (non-hydrogen) atoms. The monoisotopic (exact) mass is 262 g/mol. The van der Waals surface area contributed by atoms with Crippen LogP contribution < -0.4 is 5.73 Å². The zero-order valence-corrected chi connectivity index (χ0v) is 11.5. The van der Waals surface area contributed by atoms with E-state index >= 15 is 0 Å². The molecule has 3 rings (SSSR count). The zero-order valence-electron chi connectivity index (χ0n) is 11.5. The van der Waals surface area contributed by atoms with Crippen molar-refractivity contribution in [1.82, 2.24) is 14.7 Å². The Balaban J connectivity index is 1.67. The topological polar surface area (TPSA) is 64.2 Å². The molecule has 2 N–H and O–H groups in total. The van der Waals surface area contributed by atoms with Crippen molar-refractivity contribution in [2.24, 2.45) is 12.8 Å². The Hall–Kier alpha value is -1.36. The van der Waals surface area contributed by atoms with Crippen LogP contribution in [0, 0.1) is 0 Å². The molecule has 0 bridgehead atoms. The summed E-state index contributed by atoms with van der Waals surface area (Å²) < 4.78 is 1.82. The molecule has 2 heterocycles. The van der Waals surface area contributed by atoms with Gasteiger partial charge in [0.1, 0.15) is 0 Å². The van der Waals surface area contributed by atoms with Crippen LogP contribution in [0.3, 0.4) is 0 Å². The van der Waals surface area contributed by atoms with E-state index < -0.39 is 5.54 Å². The van der Waals surface area contributed by atoms with E-state index in [0.717, 1.165) is 45.2 Å². The predicted molar refractivity (Wildman–Crippen MR) is 72.5 cm³/mol. The largest absolute Gasteiger partial charge is 0.340 e. The first kappa shape index (κ1) is 12.7. The quantitative estimate of drug-likeness (QED) is 0.865. The van der Waals surface area contributed by atoms with E-state index in [1.54, 1.807) is 0 Å². The maximum absolute atomic E-state index is 12.5. The minimum absolute atomic E-state index is 0.163. The van der Waals surface area contributed by atoms with E-state index in [1.165, 1.54) is 5.56 Å². The van der Waals surface area contributed by atoms with Gasteiger partial charge in [0, 0.05) is 32.3 Å². The summed E-state index contributed by atoms with van der Waals surface area (Å²) in [5.41, 5.74) is 6.92. The Bertz CT molecular complexity index is 476. The third-order valence-electron chi connectivity index (χ3n) is 4.59. The number of amides is 1. The highest BCUT2D eigenvalue weighted by Crippen LogP contribution is 2.33. The molecule has 1 aliphatic heterocycles. The molecular weight excluding hydrogens is 240 g/mol. The first-order valence-electron chi connectivity index (χ1n) is 7.15. The molecule has 5 nitrogen and oxygen atoms in total. The lowest BCUT2D eigenvalue weighted by Gasteiger charge is -2.28. The van der Waals surface area contributed by atoms with Gasteiger partial charge in [0.25, 0.3) is 0 Å². The van der Waals surface area contributed by atoms with Gasteiger partial charge in [-0.15, -0.1) is 0 Å². The van der Waals surface area contributed by atoms with Crippen molar-refractivity contribution in [2.75, 3.05) is 13.1 Å². The smallest absolute Gasteiger partial charge is 0.242 e. The van der Waals surface area contributed by atoms with Crippen molar-refractivity contribution in [3.05, 3.63) is 18.0 Å². The molecule has 2 aliphatic rings. The number of hydrogen-bond donors (Lipinski definition) is 1. The van der Waals surface area contributed by atoms with Crippen LogP contribution in [0.4, 0.5) is 0 Å². The summed E-state index contributed by atoms with van der Waals surface area (Å²) in [6.45, 7) is 1.63. The number of hydrogen-bond acceptors (Lipinski definition) is 3. The summed E-state index contributed by atoms with van der Waals surface area (Å²) in [4.78, 5) is 14.5. The van der Waals surface area contributed by atoms with Crippen LogP contribution in [0.1, 0.15) is 43.6 Å². The Kier molecular flexibility index (Phi) is 3.09. The molecule has 1 saturated carbocycles. The van der Waals surface area contributed by atoms with Gasteiger partial charge in [-0.2, -0.15) is 5.10 Å². The van der Waals surface area contributed by atoms with E-state index in [1.807, 2.05) is 29.0 Å². The minimum atomic E-state index is -0.580. The number of carbonyl (C=O) groups is 1. The van der Waals surface area contributed by atoms with Crippen LogP contribution in [-0.2, 0) is 11.8 Å². The summed E-state index contributed by atoms with van der Waals surface area (Å²) in [6.07, 6.45) is 8.84. The van der Waals surface area contributed by atoms with E-state index in [2.05, 4.69) is 5.10 Å². The van der Waals surface area contributed by atoms with Crippen LogP contribution in [0.15, 0.2) is 12.4 Å². The Morgan fingerprint density at radius 1 is 1.47 bits per heavy atom. The Labute approximate surface area is 113 Å². The second kappa shape index (κ2) is 4.63. The van der Waals surface area contributed by atoms with Gasteiger partial charge in [-0.25, -0.2) is 0 Å². The summed E-state index contributed by atoms with van der Waals surface area (Å²) >= 11 is 0. The Morgan fingerprint density at radius 2 is 2.21 bits per heavy atom. The first-order valence-corrected chi connectivity index (χ1v) is 7.15. The molecule has 104 valence electrons. The molecule has 0 aromatic carbocycles. The SMILES string of the molecule is Cn1cc(C2CCN(C(=O)C3(N)CCCC3)C2)cn1. The van der Waals surface area contributed by atoms with E-state index in [-0.39, 0.29) is 5.91 Å². The molecule has 5 heteroatoms. The van der Waals surface area contributed by atoms with Crippen LogP contribution >= 0.6 is 0 Å². The second-order valence-electron chi connectivity index (χ2n) is 6.05. The van der Waals surface area contributed by atoms with E-state index in [4.69, 9.17) is 5.73 Å². The standard InChI is InChI=1S/C14H22N4O/c1-17-9-12(8-16-17)11-4-7-18(10-11)13(19)14(15)5-2-3-6-14/h8-9,11H,2-7,10,15H2,1H3. The predicted octanol–water partition coefficient (Wildman–Crippen LogP) is 1.01. The lowest BCUT2D eigenvalue weighted by Crippen LogP contribution is -2.52. The second-order valence-corrected chi connectivity index (χ2v) is 6.05. The highest BCUT2D eigenvalue weighted by Gasteiger charge is 2.42. The molecule has 1 aliphatic carbocycles. The van der Waals surface area contributed by atoms with Crippen molar-refractivity contribution in [3.8, 4) is 0 Å². The summed E-state index contributed by atoms with van der Waals surface area (Å²) in [7, 11) is 1.93. The first-order chi connectivity index (χ1) is 9.08. The van der Waals surface area contributed by atoms with Crippen LogP contribution in [-0.4, -0.2) is 39.2 Å². The number of aryl methyl sites for hydroxylation is 1. The molecule has 1 aromatic rings. The highest BCUT2D eigenvalue weighted by molar-refractivity contribution is 5.86. The molecule has 0 radical (unpaired) electrons. The van der Waals surface area contributed by atoms with Gasteiger partial charge in [0.05, 0.1) is 11.7 Å². The molecule has 0 spiro atoms. The molecule has 1 saturated heterocycles. The maximum Gasteiger partial charge on any atom is 0.242 e. The van der Waals surface area contributed by atoms with Gasteiger partial charge in [-0.3, -0.25) is 9.48 Å². The summed E-state index contributed by atoms with van der Waals surface area (Å²) in [5.74, 6) is 0.582. The summed E-state index contributed by atoms with van der Waals surface area (Å²) in [5, 5.41) is 4.21. The Morgan fingerprint density at radius 3 is 2.84 bits per heavy atom. The molecule has 1 atom stereocenters. The van der Waals surface area contributed by atoms with E-state index in [0.29, 0.717) is 5.92 Å². The average Bonchev–Trinajstić information content (AvgIpc) is 3.08. The van der Waals surface area contributed by atoms with Crippen molar-refractivity contribution >= 4 is 5.91 Å². The van der Waals surface area contributed by atoms with Crippen molar-refractivity contribution in [3.63, 3.8) is 0 Å². The number of nitrogens with two attached hydrogens (primary N) is 1. The van der Waals surface area contributed by atoms with E-state index in [9.17, 15) is 4.79 Å². The third kappa shape index (κ3) is 2.27. The van der Waals surface area contributed by atoms with Gasteiger partial charge in [-0.05, 0) is 24.8 Å². The lowest BCUT2D eigenvalue weighted by atomic mass is 9.97. The third-order valence-corrected chi connectivity index (χ3v) is 4.59. The van der Waals surface area contributed by atoms with Crippen LogP contribution in [0.2, 0.25) is 0 Å². The zero-order chi connectivity index (χ0) is 13.5. The number of carbonyl (C=O) groups excluding carboxylic acids is 1. The molecule has 1 unspecified atom stereocenters. The minimum Gasteiger partial charge on any atom is -0.340 e. The highest BCUT2D eigenvalue weighted by atomic mass is 16.2. The van der Waals surface area contributed by atoms with Crippen LogP contribution in [0.5, 0.6) is 0 Å². The van der Waals surface area contributed by atoms with Crippen molar-refractivity contribution in [2.45, 2.75) is 43.6 Å². The van der Waals surface area contributed by atoms with Gasteiger partial charge >= 0.3 is 0 Å². The van der Waals surface area contributed by atoms with Gasteiger partial charge < -0.3 is 10.6 Å². The normalized spacial score (nSPS) is 26.0. The number of rotatable bonds is 2. The number of aromatic nitrogens is 2. The number of nitrogens with zero attached hydrogens (tertiary/aromatic N) is 3.